The first-order valence-corrected chi connectivity index (χ1v) is 7.63. The van der Waals surface area contributed by atoms with Gasteiger partial charge in [0.25, 0.3) is 5.91 Å². The van der Waals surface area contributed by atoms with E-state index < -0.39 is 0 Å². The summed E-state index contributed by atoms with van der Waals surface area (Å²) in [7, 11) is 0. The lowest BCUT2D eigenvalue weighted by atomic mass is 9.83. The maximum atomic E-state index is 12.4. The highest BCUT2D eigenvalue weighted by Gasteiger charge is 2.30. The molecular formula is C17H26N2O2. The van der Waals surface area contributed by atoms with Gasteiger partial charge in [0, 0.05) is 19.1 Å². The topological polar surface area (TPSA) is 50.4 Å². The zero-order chi connectivity index (χ0) is 15.3. The molecule has 0 bridgehead atoms. The molecule has 116 valence electrons. The Hall–Kier alpha value is -1.39. The summed E-state index contributed by atoms with van der Waals surface area (Å²) in [5.41, 5.74) is 1.23. The van der Waals surface area contributed by atoms with E-state index >= 15 is 0 Å². The van der Waals surface area contributed by atoms with E-state index in [9.17, 15) is 4.79 Å². The number of ether oxygens (including phenoxy) is 1. The quantitative estimate of drug-likeness (QED) is 0.888. The smallest absolute Gasteiger partial charge is 0.250 e. The monoisotopic (exact) mass is 290 g/mol. The molecule has 0 saturated carbocycles. The van der Waals surface area contributed by atoms with Crippen molar-refractivity contribution in [3.8, 4) is 0 Å². The fraction of sp³-hybridized carbons (Fsp3) is 0.588. The highest BCUT2D eigenvalue weighted by atomic mass is 16.5. The van der Waals surface area contributed by atoms with Gasteiger partial charge in [0.05, 0.1) is 6.61 Å². The lowest BCUT2D eigenvalue weighted by molar-refractivity contribution is -0.135. The number of hydrogen-bond donors (Lipinski definition) is 2. The number of rotatable bonds is 4. The van der Waals surface area contributed by atoms with Crippen LogP contribution >= 0.6 is 0 Å². The minimum atomic E-state index is -0.376. The van der Waals surface area contributed by atoms with Crippen molar-refractivity contribution >= 4 is 5.91 Å². The van der Waals surface area contributed by atoms with Gasteiger partial charge < -0.3 is 15.4 Å². The van der Waals surface area contributed by atoms with Gasteiger partial charge in [-0.3, -0.25) is 4.79 Å². The lowest BCUT2D eigenvalue weighted by Gasteiger charge is -2.33. The van der Waals surface area contributed by atoms with Crippen LogP contribution in [0.5, 0.6) is 0 Å². The zero-order valence-electron chi connectivity index (χ0n) is 13.2. The first kappa shape index (κ1) is 16.0. The maximum Gasteiger partial charge on any atom is 0.250 e. The highest BCUT2D eigenvalue weighted by Crippen LogP contribution is 2.23. The van der Waals surface area contributed by atoms with Crippen molar-refractivity contribution in [2.24, 2.45) is 5.41 Å². The Morgan fingerprint density at radius 2 is 2.10 bits per heavy atom. The third kappa shape index (κ3) is 4.83. The average Bonchev–Trinajstić information content (AvgIpc) is 2.47. The number of hydrogen-bond acceptors (Lipinski definition) is 3. The molecule has 1 aliphatic rings. The molecule has 4 nitrogen and oxygen atoms in total. The van der Waals surface area contributed by atoms with Crippen molar-refractivity contribution in [3.05, 3.63) is 35.9 Å². The summed E-state index contributed by atoms with van der Waals surface area (Å²) >= 11 is 0. The van der Waals surface area contributed by atoms with Crippen LogP contribution in [-0.2, 0) is 16.0 Å². The molecule has 0 aromatic heterocycles. The molecule has 1 saturated heterocycles. The Balaban J connectivity index is 2.01. The van der Waals surface area contributed by atoms with E-state index in [2.05, 4.69) is 43.5 Å². The van der Waals surface area contributed by atoms with Gasteiger partial charge >= 0.3 is 0 Å². The van der Waals surface area contributed by atoms with Crippen LogP contribution < -0.4 is 10.6 Å². The summed E-state index contributed by atoms with van der Waals surface area (Å²) in [6.07, 6.45) is 0.454. The number of carbonyl (C=O) groups is 1. The molecular weight excluding hydrogens is 264 g/mol. The number of morpholine rings is 1. The molecule has 2 atom stereocenters. The van der Waals surface area contributed by atoms with Gasteiger partial charge in [-0.25, -0.2) is 0 Å². The van der Waals surface area contributed by atoms with Gasteiger partial charge in [-0.1, -0.05) is 51.1 Å². The molecule has 1 aromatic rings. The Bertz CT molecular complexity index is 448. The molecule has 1 aromatic carbocycles. The van der Waals surface area contributed by atoms with E-state index in [1.807, 2.05) is 18.2 Å². The fourth-order valence-corrected chi connectivity index (χ4v) is 2.42. The van der Waals surface area contributed by atoms with E-state index in [4.69, 9.17) is 4.74 Å². The van der Waals surface area contributed by atoms with Crippen LogP contribution in [0.15, 0.2) is 30.3 Å². The van der Waals surface area contributed by atoms with E-state index in [-0.39, 0.29) is 23.5 Å². The molecule has 4 heteroatoms. The fourth-order valence-electron chi connectivity index (χ4n) is 2.42. The molecule has 1 aliphatic heterocycles. The van der Waals surface area contributed by atoms with E-state index in [1.165, 1.54) is 5.56 Å². The van der Waals surface area contributed by atoms with Gasteiger partial charge in [0.1, 0.15) is 6.10 Å². The van der Waals surface area contributed by atoms with Crippen LogP contribution in [0.25, 0.3) is 0 Å². The minimum Gasteiger partial charge on any atom is -0.366 e. The average molecular weight is 290 g/mol. The van der Waals surface area contributed by atoms with Crippen molar-refractivity contribution < 1.29 is 9.53 Å². The third-order valence-electron chi connectivity index (χ3n) is 3.86. The van der Waals surface area contributed by atoms with Gasteiger partial charge in [-0.05, 0) is 17.4 Å². The second-order valence-electron chi connectivity index (χ2n) is 6.68. The predicted octanol–water partition coefficient (Wildman–Crippen LogP) is 1.75. The van der Waals surface area contributed by atoms with E-state index in [0.717, 1.165) is 13.0 Å². The Morgan fingerprint density at radius 3 is 2.67 bits per heavy atom. The largest absolute Gasteiger partial charge is 0.366 e. The molecule has 2 N–H and O–H groups in total. The molecule has 2 rings (SSSR count). The van der Waals surface area contributed by atoms with Crippen molar-refractivity contribution in [1.82, 2.24) is 10.6 Å². The molecule has 21 heavy (non-hydrogen) atoms. The van der Waals surface area contributed by atoms with Gasteiger partial charge in [-0.15, -0.1) is 0 Å². The van der Waals surface area contributed by atoms with Crippen molar-refractivity contribution in [3.63, 3.8) is 0 Å². The van der Waals surface area contributed by atoms with Crippen LogP contribution in [0, 0.1) is 5.41 Å². The summed E-state index contributed by atoms with van der Waals surface area (Å²) in [4.78, 5) is 12.4. The van der Waals surface area contributed by atoms with Crippen LogP contribution in [0.1, 0.15) is 26.3 Å². The second-order valence-corrected chi connectivity index (χ2v) is 6.68. The molecule has 0 unspecified atom stereocenters. The molecule has 0 spiro atoms. The summed E-state index contributed by atoms with van der Waals surface area (Å²) in [5, 5.41) is 6.36. The molecule has 0 aliphatic carbocycles. The summed E-state index contributed by atoms with van der Waals surface area (Å²) in [6, 6.07) is 10.4. The van der Waals surface area contributed by atoms with Crippen molar-refractivity contribution in [1.29, 1.82) is 0 Å². The summed E-state index contributed by atoms with van der Waals surface area (Å²) in [5.74, 6) is -0.0157. The predicted molar refractivity (Wildman–Crippen MR) is 84.1 cm³/mol. The van der Waals surface area contributed by atoms with Crippen LogP contribution in [0.4, 0.5) is 0 Å². The maximum absolute atomic E-state index is 12.4. The Morgan fingerprint density at radius 1 is 1.38 bits per heavy atom. The summed E-state index contributed by atoms with van der Waals surface area (Å²) in [6.45, 7) is 8.46. The van der Waals surface area contributed by atoms with Crippen LogP contribution in [0.2, 0.25) is 0 Å². The van der Waals surface area contributed by atoms with Crippen molar-refractivity contribution in [2.45, 2.75) is 39.3 Å². The molecule has 1 heterocycles. The molecule has 1 amide bonds. The van der Waals surface area contributed by atoms with Gasteiger partial charge in [0.2, 0.25) is 0 Å². The second kappa shape index (κ2) is 7.05. The third-order valence-corrected chi connectivity index (χ3v) is 3.86. The number of carbonyl (C=O) groups excluding carboxylic acids is 1. The number of amides is 1. The molecule has 1 fully saturated rings. The summed E-state index contributed by atoms with van der Waals surface area (Å²) < 4.78 is 5.53. The standard InChI is InChI=1S/C17H26N2O2/c1-17(2,3)15(11-13-7-5-4-6-8-13)19-16(20)14-12-18-9-10-21-14/h4-8,14-15,18H,9-12H2,1-3H3,(H,19,20)/t14-,15+/m1/s1. The number of benzene rings is 1. The van der Waals surface area contributed by atoms with E-state index in [0.29, 0.717) is 13.2 Å². The molecule has 0 radical (unpaired) electrons. The van der Waals surface area contributed by atoms with Gasteiger partial charge in [-0.2, -0.15) is 0 Å². The van der Waals surface area contributed by atoms with Crippen LogP contribution in [-0.4, -0.2) is 37.7 Å². The Labute approximate surface area is 127 Å². The zero-order valence-corrected chi connectivity index (χ0v) is 13.2. The minimum absolute atomic E-state index is 0.00635. The highest BCUT2D eigenvalue weighted by molar-refractivity contribution is 5.81. The first-order valence-electron chi connectivity index (χ1n) is 7.63. The van der Waals surface area contributed by atoms with Crippen LogP contribution in [0.3, 0.4) is 0 Å². The van der Waals surface area contributed by atoms with E-state index in [1.54, 1.807) is 0 Å². The van der Waals surface area contributed by atoms with Gasteiger partial charge in [0.15, 0.2) is 0 Å². The lowest BCUT2D eigenvalue weighted by Crippen LogP contribution is -2.53. The Kier molecular flexibility index (Phi) is 5.37. The normalized spacial score (nSPS) is 20.8. The number of nitrogens with one attached hydrogen (secondary N) is 2. The van der Waals surface area contributed by atoms with Crippen molar-refractivity contribution in [2.75, 3.05) is 19.7 Å². The SMILES string of the molecule is CC(C)(C)[C@H](Cc1ccccc1)NC(=O)[C@H]1CNCCO1. The first-order chi connectivity index (χ1) is 9.97.